The largest absolute Gasteiger partial charge is 0.502 e. The molecule has 0 aliphatic heterocycles. The normalized spacial score (nSPS) is 10.7. The molecule has 11 heavy (non-hydrogen) atoms. The average Bonchev–Trinajstić information content (AvgIpc) is 2.03. The smallest absolute Gasteiger partial charge is 0.0873 e. The Morgan fingerprint density at radius 3 is 2.82 bits per heavy atom. The summed E-state index contributed by atoms with van der Waals surface area (Å²) in [5, 5.41) is 0. The Hall–Kier alpha value is -0.460. The van der Waals surface area contributed by atoms with Crippen molar-refractivity contribution in [1.82, 2.24) is 0 Å². The van der Waals surface area contributed by atoms with Gasteiger partial charge in [0.25, 0.3) is 0 Å². The van der Waals surface area contributed by atoms with Crippen LogP contribution in [-0.4, -0.2) is 6.61 Å². The number of hydrogen-bond acceptors (Lipinski definition) is 1. The summed E-state index contributed by atoms with van der Waals surface area (Å²) < 4.78 is 5.22. The first-order valence-electron chi connectivity index (χ1n) is 4.47. The van der Waals surface area contributed by atoms with Gasteiger partial charge in [-0.1, -0.05) is 26.7 Å². The molecule has 0 spiro atoms. The van der Waals surface area contributed by atoms with Crippen LogP contribution in [-0.2, 0) is 4.74 Å². The van der Waals surface area contributed by atoms with Crippen LogP contribution in [0.15, 0.2) is 12.3 Å². The summed E-state index contributed by atoms with van der Waals surface area (Å²) in [7, 11) is 0. The maximum Gasteiger partial charge on any atom is 0.0873 e. The van der Waals surface area contributed by atoms with Crippen LogP contribution in [0.3, 0.4) is 0 Å². The Morgan fingerprint density at radius 2 is 2.18 bits per heavy atom. The van der Waals surface area contributed by atoms with Gasteiger partial charge in [0.2, 0.25) is 0 Å². The van der Waals surface area contributed by atoms with Crippen molar-refractivity contribution >= 4 is 0 Å². The van der Waals surface area contributed by atoms with Crippen LogP contribution in [0.1, 0.15) is 39.0 Å². The molecule has 0 bridgehead atoms. The van der Waals surface area contributed by atoms with Gasteiger partial charge < -0.3 is 4.74 Å². The van der Waals surface area contributed by atoms with Crippen LogP contribution in [0.2, 0.25) is 0 Å². The highest BCUT2D eigenvalue weighted by atomic mass is 16.5. The third-order valence-electron chi connectivity index (χ3n) is 1.43. The lowest BCUT2D eigenvalue weighted by Gasteiger charge is -1.96. The van der Waals surface area contributed by atoms with Crippen molar-refractivity contribution in [2.75, 3.05) is 6.61 Å². The van der Waals surface area contributed by atoms with E-state index in [0.29, 0.717) is 0 Å². The van der Waals surface area contributed by atoms with Gasteiger partial charge in [-0.25, -0.2) is 0 Å². The van der Waals surface area contributed by atoms with E-state index >= 15 is 0 Å². The summed E-state index contributed by atoms with van der Waals surface area (Å²) in [5.41, 5.74) is 0. The minimum atomic E-state index is 0.859. The first-order chi connectivity index (χ1) is 5.41. The minimum Gasteiger partial charge on any atom is -0.502 e. The third kappa shape index (κ3) is 9.54. The van der Waals surface area contributed by atoms with Gasteiger partial charge >= 0.3 is 0 Å². The number of unbranched alkanes of at least 4 members (excludes halogenated alkanes) is 3. The fourth-order valence-electron chi connectivity index (χ4n) is 0.694. The molecule has 0 aliphatic carbocycles. The predicted octanol–water partition coefficient (Wildman–Crippen LogP) is 3.32. The molecule has 0 N–H and O–H groups in total. The van der Waals surface area contributed by atoms with Gasteiger partial charge in [0.1, 0.15) is 0 Å². The maximum absolute atomic E-state index is 5.22. The Balaban J connectivity index is 2.91. The quantitative estimate of drug-likeness (QED) is 0.405. The van der Waals surface area contributed by atoms with Crippen molar-refractivity contribution < 1.29 is 4.74 Å². The van der Waals surface area contributed by atoms with Crippen LogP contribution >= 0.6 is 0 Å². The third-order valence-corrected chi connectivity index (χ3v) is 1.43. The standard InChI is InChI=1S/C10H19O/c1-3-5-7-8-10-11-9-6-4-2/h8,10H,1,3-7,9H2,2H3. The molecule has 0 saturated carbocycles. The Labute approximate surface area is 70.4 Å². The molecule has 1 nitrogen and oxygen atoms in total. The monoisotopic (exact) mass is 155 g/mol. The summed E-state index contributed by atoms with van der Waals surface area (Å²) in [6.07, 6.45) is 9.50. The van der Waals surface area contributed by atoms with Gasteiger partial charge in [-0.2, -0.15) is 0 Å². The molecule has 0 amide bonds. The van der Waals surface area contributed by atoms with E-state index in [0.717, 1.165) is 32.3 Å². The van der Waals surface area contributed by atoms with Crippen molar-refractivity contribution in [1.29, 1.82) is 0 Å². The molecule has 0 unspecified atom stereocenters. The van der Waals surface area contributed by atoms with Gasteiger partial charge in [-0.3, -0.25) is 0 Å². The summed E-state index contributed by atoms with van der Waals surface area (Å²) in [6.45, 7) is 6.78. The number of hydrogen-bond donors (Lipinski definition) is 0. The zero-order valence-electron chi connectivity index (χ0n) is 7.51. The maximum atomic E-state index is 5.22. The van der Waals surface area contributed by atoms with E-state index in [2.05, 4.69) is 19.9 Å². The molecule has 65 valence electrons. The fourth-order valence-corrected chi connectivity index (χ4v) is 0.694. The second-order valence-electron chi connectivity index (χ2n) is 2.59. The molecule has 1 heteroatoms. The van der Waals surface area contributed by atoms with Crippen molar-refractivity contribution in [2.24, 2.45) is 0 Å². The molecule has 0 saturated heterocycles. The lowest BCUT2D eigenvalue weighted by molar-refractivity contribution is 0.242. The molecule has 1 radical (unpaired) electrons. The Kier molecular flexibility index (Phi) is 9.14. The SMILES string of the molecule is [CH2]CCCC=COCCCC. The zero-order valence-corrected chi connectivity index (χ0v) is 7.51. The molecule has 0 atom stereocenters. The van der Waals surface area contributed by atoms with Gasteiger partial charge in [-0.15, -0.1) is 0 Å². The average molecular weight is 155 g/mol. The van der Waals surface area contributed by atoms with Gasteiger partial charge in [-0.05, 0) is 25.3 Å². The molecule has 0 aromatic heterocycles. The van der Waals surface area contributed by atoms with E-state index in [1.165, 1.54) is 6.42 Å². The fraction of sp³-hybridized carbons (Fsp3) is 0.700. The van der Waals surface area contributed by atoms with E-state index in [-0.39, 0.29) is 0 Å². The summed E-state index contributed by atoms with van der Waals surface area (Å²) in [4.78, 5) is 0. The molecule has 0 aliphatic rings. The second-order valence-corrected chi connectivity index (χ2v) is 2.59. The number of rotatable bonds is 7. The highest BCUT2D eigenvalue weighted by Crippen LogP contribution is 1.95. The van der Waals surface area contributed by atoms with Gasteiger partial charge in [0.15, 0.2) is 0 Å². The van der Waals surface area contributed by atoms with Crippen LogP contribution in [0.25, 0.3) is 0 Å². The van der Waals surface area contributed by atoms with E-state index in [1.54, 1.807) is 0 Å². The molecule has 0 fully saturated rings. The molecule has 0 aromatic carbocycles. The van der Waals surface area contributed by atoms with Crippen LogP contribution in [0.5, 0.6) is 0 Å². The van der Waals surface area contributed by atoms with Crippen molar-refractivity contribution in [3.63, 3.8) is 0 Å². The highest BCUT2D eigenvalue weighted by molar-refractivity contribution is 4.73. The first-order valence-corrected chi connectivity index (χ1v) is 4.47. The van der Waals surface area contributed by atoms with E-state index in [1.807, 2.05) is 6.26 Å². The Morgan fingerprint density at radius 1 is 1.36 bits per heavy atom. The molecular weight excluding hydrogens is 136 g/mol. The Bertz CT molecular complexity index is 86.9. The van der Waals surface area contributed by atoms with Crippen molar-refractivity contribution in [3.05, 3.63) is 19.3 Å². The number of ether oxygens (including phenoxy) is 1. The van der Waals surface area contributed by atoms with Crippen LogP contribution in [0.4, 0.5) is 0 Å². The highest BCUT2D eigenvalue weighted by Gasteiger charge is 1.80. The van der Waals surface area contributed by atoms with E-state index < -0.39 is 0 Å². The van der Waals surface area contributed by atoms with E-state index in [9.17, 15) is 0 Å². The van der Waals surface area contributed by atoms with Crippen molar-refractivity contribution in [2.45, 2.75) is 39.0 Å². The topological polar surface area (TPSA) is 9.23 Å². The van der Waals surface area contributed by atoms with Crippen molar-refractivity contribution in [3.8, 4) is 0 Å². The number of allylic oxidation sites excluding steroid dienone is 1. The first kappa shape index (κ1) is 10.5. The summed E-state index contributed by atoms with van der Waals surface area (Å²) >= 11 is 0. The summed E-state index contributed by atoms with van der Waals surface area (Å²) in [5.74, 6) is 0. The molecular formula is C10H19O. The molecule has 0 heterocycles. The molecule has 0 aromatic rings. The van der Waals surface area contributed by atoms with Gasteiger partial charge in [0.05, 0.1) is 12.9 Å². The lowest BCUT2D eigenvalue weighted by Crippen LogP contribution is -1.84. The van der Waals surface area contributed by atoms with Crippen LogP contribution < -0.4 is 0 Å². The summed E-state index contributed by atoms with van der Waals surface area (Å²) in [6, 6.07) is 0. The zero-order chi connectivity index (χ0) is 8.36. The van der Waals surface area contributed by atoms with Gasteiger partial charge in [0, 0.05) is 0 Å². The second kappa shape index (κ2) is 9.54. The van der Waals surface area contributed by atoms with E-state index in [4.69, 9.17) is 4.74 Å². The minimum absolute atomic E-state index is 0.859. The molecule has 0 rings (SSSR count). The van der Waals surface area contributed by atoms with Crippen LogP contribution in [0, 0.1) is 6.92 Å². The lowest BCUT2D eigenvalue weighted by atomic mass is 10.2. The predicted molar refractivity (Wildman–Crippen MR) is 49.2 cm³/mol.